The zero-order valence-corrected chi connectivity index (χ0v) is 8.36. The maximum Gasteiger partial charge on any atom is 0.269 e. The monoisotopic (exact) mass is 194 g/mol. The molecule has 0 unspecified atom stereocenters. The zero-order valence-electron chi connectivity index (χ0n) is 8.36. The summed E-state index contributed by atoms with van der Waals surface area (Å²) in [4.78, 5) is 9.98. The summed E-state index contributed by atoms with van der Waals surface area (Å²) in [6.45, 7) is 4.87. The molecule has 1 aromatic carbocycles. The third kappa shape index (κ3) is 3.14. The van der Waals surface area contributed by atoms with Gasteiger partial charge in [-0.25, -0.2) is 0 Å². The predicted molar refractivity (Wildman–Crippen MR) is 55.1 cm³/mol. The number of hydrogen-bond acceptors (Lipinski definition) is 3. The smallest absolute Gasteiger partial charge is 0.269 e. The van der Waals surface area contributed by atoms with Crippen LogP contribution in [0.25, 0.3) is 0 Å². The number of benzene rings is 1. The fraction of sp³-hybridized carbons (Fsp3) is 0.400. The summed E-state index contributed by atoms with van der Waals surface area (Å²) < 4.78 is 0. The van der Waals surface area contributed by atoms with Crippen molar-refractivity contribution in [2.75, 3.05) is 0 Å². The van der Waals surface area contributed by atoms with Crippen molar-refractivity contribution in [1.29, 1.82) is 0 Å². The lowest BCUT2D eigenvalue weighted by Gasteiger charge is -2.07. The molecule has 0 amide bonds. The van der Waals surface area contributed by atoms with Crippen LogP contribution in [0, 0.1) is 10.1 Å². The highest BCUT2D eigenvalue weighted by atomic mass is 16.6. The van der Waals surface area contributed by atoms with Crippen molar-refractivity contribution in [2.45, 2.75) is 26.4 Å². The van der Waals surface area contributed by atoms with Crippen molar-refractivity contribution in [3.05, 3.63) is 39.9 Å². The van der Waals surface area contributed by atoms with Crippen molar-refractivity contribution in [2.24, 2.45) is 0 Å². The molecule has 0 heterocycles. The van der Waals surface area contributed by atoms with Gasteiger partial charge in [-0.15, -0.1) is 0 Å². The Morgan fingerprint density at radius 2 is 1.93 bits per heavy atom. The molecule has 1 N–H and O–H groups in total. The molecule has 1 aromatic rings. The highest BCUT2D eigenvalue weighted by molar-refractivity contribution is 5.32. The van der Waals surface area contributed by atoms with Gasteiger partial charge in [-0.1, -0.05) is 26.0 Å². The summed E-state index contributed by atoms with van der Waals surface area (Å²) in [6, 6.07) is 7.01. The lowest BCUT2D eigenvalue weighted by Crippen LogP contribution is -2.21. The van der Waals surface area contributed by atoms with Crippen LogP contribution < -0.4 is 5.32 Å². The van der Waals surface area contributed by atoms with E-state index in [0.29, 0.717) is 6.04 Å². The van der Waals surface area contributed by atoms with E-state index in [4.69, 9.17) is 0 Å². The largest absolute Gasteiger partial charge is 0.310 e. The minimum Gasteiger partial charge on any atom is -0.310 e. The fourth-order valence-corrected chi connectivity index (χ4v) is 1.06. The summed E-state index contributed by atoms with van der Waals surface area (Å²) in [7, 11) is 0. The second kappa shape index (κ2) is 4.72. The SMILES string of the molecule is CC(C)NCc1ccc([N+](=O)[O-])cc1. The lowest BCUT2D eigenvalue weighted by atomic mass is 10.2. The Bertz CT molecular complexity index is 306. The molecule has 0 spiro atoms. The Balaban J connectivity index is 2.60. The fourth-order valence-electron chi connectivity index (χ4n) is 1.06. The Morgan fingerprint density at radius 3 is 2.36 bits per heavy atom. The molecule has 76 valence electrons. The predicted octanol–water partition coefficient (Wildman–Crippen LogP) is 2.09. The summed E-state index contributed by atoms with van der Waals surface area (Å²) in [6.07, 6.45) is 0. The van der Waals surface area contributed by atoms with Gasteiger partial charge in [0.05, 0.1) is 4.92 Å². The van der Waals surface area contributed by atoms with E-state index >= 15 is 0 Å². The molecule has 0 radical (unpaired) electrons. The van der Waals surface area contributed by atoms with E-state index in [1.54, 1.807) is 12.1 Å². The van der Waals surface area contributed by atoms with Crippen molar-refractivity contribution >= 4 is 5.69 Å². The van der Waals surface area contributed by atoms with E-state index < -0.39 is 0 Å². The third-order valence-corrected chi connectivity index (χ3v) is 1.86. The highest BCUT2D eigenvalue weighted by Crippen LogP contribution is 2.11. The molecule has 0 aromatic heterocycles. The molecule has 0 aliphatic rings. The van der Waals surface area contributed by atoms with Crippen LogP contribution in [0.2, 0.25) is 0 Å². The van der Waals surface area contributed by atoms with Crippen molar-refractivity contribution in [1.82, 2.24) is 5.32 Å². The standard InChI is InChI=1S/C10H14N2O2/c1-8(2)11-7-9-3-5-10(6-4-9)12(13)14/h3-6,8,11H,7H2,1-2H3. The minimum absolute atomic E-state index is 0.137. The lowest BCUT2D eigenvalue weighted by molar-refractivity contribution is -0.384. The zero-order chi connectivity index (χ0) is 10.6. The number of hydrogen-bond donors (Lipinski definition) is 1. The Labute approximate surface area is 83.1 Å². The minimum atomic E-state index is -0.389. The first-order valence-corrected chi connectivity index (χ1v) is 4.56. The van der Waals surface area contributed by atoms with Crippen LogP contribution in [0.1, 0.15) is 19.4 Å². The van der Waals surface area contributed by atoms with Gasteiger partial charge in [-0.3, -0.25) is 10.1 Å². The van der Waals surface area contributed by atoms with E-state index in [9.17, 15) is 10.1 Å². The van der Waals surface area contributed by atoms with E-state index in [1.807, 2.05) is 0 Å². The molecule has 14 heavy (non-hydrogen) atoms. The molecule has 4 heteroatoms. The Morgan fingerprint density at radius 1 is 1.36 bits per heavy atom. The van der Waals surface area contributed by atoms with Gasteiger partial charge < -0.3 is 5.32 Å². The molecule has 0 bridgehead atoms. The average molecular weight is 194 g/mol. The van der Waals surface area contributed by atoms with Crippen molar-refractivity contribution < 1.29 is 4.92 Å². The van der Waals surface area contributed by atoms with Gasteiger partial charge in [0.25, 0.3) is 5.69 Å². The van der Waals surface area contributed by atoms with Gasteiger partial charge in [0.15, 0.2) is 0 Å². The molecular formula is C10H14N2O2. The van der Waals surface area contributed by atoms with Crippen LogP contribution in [0.15, 0.2) is 24.3 Å². The Hall–Kier alpha value is -1.42. The van der Waals surface area contributed by atoms with Crippen molar-refractivity contribution in [3.8, 4) is 0 Å². The van der Waals surface area contributed by atoms with Gasteiger partial charge in [0, 0.05) is 24.7 Å². The topological polar surface area (TPSA) is 55.2 Å². The third-order valence-electron chi connectivity index (χ3n) is 1.86. The number of nitro groups is 1. The van der Waals surface area contributed by atoms with Gasteiger partial charge in [0.1, 0.15) is 0 Å². The van der Waals surface area contributed by atoms with Crippen LogP contribution in [-0.4, -0.2) is 11.0 Å². The molecule has 1 rings (SSSR count). The van der Waals surface area contributed by atoms with E-state index in [0.717, 1.165) is 12.1 Å². The van der Waals surface area contributed by atoms with Gasteiger partial charge >= 0.3 is 0 Å². The first-order valence-electron chi connectivity index (χ1n) is 4.56. The maximum atomic E-state index is 10.4. The second-order valence-corrected chi connectivity index (χ2v) is 3.46. The van der Waals surface area contributed by atoms with Crippen LogP contribution in [0.4, 0.5) is 5.69 Å². The van der Waals surface area contributed by atoms with Gasteiger partial charge in [-0.2, -0.15) is 0 Å². The second-order valence-electron chi connectivity index (χ2n) is 3.46. The number of nitro benzene ring substituents is 1. The molecule has 0 saturated heterocycles. The molecular weight excluding hydrogens is 180 g/mol. The molecule has 0 fully saturated rings. The van der Waals surface area contributed by atoms with Crippen LogP contribution in [0.3, 0.4) is 0 Å². The van der Waals surface area contributed by atoms with Gasteiger partial charge in [0.2, 0.25) is 0 Å². The first-order chi connectivity index (χ1) is 6.59. The number of nitrogens with one attached hydrogen (secondary N) is 1. The van der Waals surface area contributed by atoms with Crippen molar-refractivity contribution in [3.63, 3.8) is 0 Å². The van der Waals surface area contributed by atoms with Crippen LogP contribution in [-0.2, 0) is 6.54 Å². The summed E-state index contributed by atoms with van der Waals surface area (Å²) >= 11 is 0. The number of nitrogens with zero attached hydrogens (tertiary/aromatic N) is 1. The number of rotatable bonds is 4. The summed E-state index contributed by atoms with van der Waals surface area (Å²) in [5.41, 5.74) is 1.20. The Kier molecular flexibility index (Phi) is 3.59. The molecule has 0 atom stereocenters. The maximum absolute atomic E-state index is 10.4. The molecule has 4 nitrogen and oxygen atoms in total. The summed E-state index contributed by atoms with van der Waals surface area (Å²) in [5.74, 6) is 0. The normalized spacial score (nSPS) is 10.5. The van der Waals surface area contributed by atoms with Crippen LogP contribution in [0.5, 0.6) is 0 Å². The highest BCUT2D eigenvalue weighted by Gasteiger charge is 2.03. The first kappa shape index (κ1) is 10.7. The van der Waals surface area contributed by atoms with E-state index in [2.05, 4.69) is 19.2 Å². The molecule has 0 aliphatic heterocycles. The molecule has 0 saturated carbocycles. The average Bonchev–Trinajstić information content (AvgIpc) is 2.15. The van der Waals surface area contributed by atoms with E-state index in [1.165, 1.54) is 12.1 Å². The summed E-state index contributed by atoms with van der Waals surface area (Å²) in [5, 5.41) is 13.6. The van der Waals surface area contributed by atoms with E-state index in [-0.39, 0.29) is 10.6 Å². The number of non-ortho nitro benzene ring substituents is 1. The van der Waals surface area contributed by atoms with Crippen LogP contribution >= 0.6 is 0 Å². The quantitative estimate of drug-likeness (QED) is 0.589. The van der Waals surface area contributed by atoms with Gasteiger partial charge in [-0.05, 0) is 5.56 Å². The molecule has 0 aliphatic carbocycles.